The maximum Gasteiger partial charge on any atom is 0.325 e. The molecule has 1 fully saturated rings. The van der Waals surface area contributed by atoms with Gasteiger partial charge in [0.05, 0.1) is 6.26 Å². The molecule has 0 aliphatic carbocycles. The average molecular weight is 384 g/mol. The van der Waals surface area contributed by atoms with E-state index in [1.54, 1.807) is 19.1 Å². The molecule has 2 heterocycles. The summed E-state index contributed by atoms with van der Waals surface area (Å²) in [6.45, 7) is 2.46. The molecule has 3 rings (SSSR count). The molecular weight excluding hydrogens is 360 g/mol. The van der Waals surface area contributed by atoms with Crippen molar-refractivity contribution < 1.29 is 18.8 Å². The van der Waals surface area contributed by atoms with Crippen molar-refractivity contribution >= 4 is 23.5 Å². The Morgan fingerprint density at radius 3 is 2.64 bits per heavy atom. The molecule has 1 aliphatic rings. The molecule has 0 spiro atoms. The third-order valence-corrected chi connectivity index (χ3v) is 4.78. The van der Waals surface area contributed by atoms with E-state index in [0.717, 1.165) is 23.6 Å². The van der Waals surface area contributed by atoms with Gasteiger partial charge in [-0.1, -0.05) is 18.2 Å². The summed E-state index contributed by atoms with van der Waals surface area (Å²) < 4.78 is 5.26. The van der Waals surface area contributed by atoms with E-state index in [1.807, 2.05) is 37.4 Å². The fourth-order valence-electron chi connectivity index (χ4n) is 3.13. The van der Waals surface area contributed by atoms with Crippen LogP contribution >= 0.6 is 0 Å². The molecule has 0 saturated carbocycles. The van der Waals surface area contributed by atoms with E-state index in [0.29, 0.717) is 12.3 Å². The van der Waals surface area contributed by atoms with Gasteiger partial charge >= 0.3 is 6.03 Å². The lowest BCUT2D eigenvalue weighted by Crippen LogP contribution is -2.43. The Morgan fingerprint density at radius 2 is 1.96 bits per heavy atom. The van der Waals surface area contributed by atoms with Crippen LogP contribution in [0.3, 0.4) is 0 Å². The highest BCUT2D eigenvalue weighted by Crippen LogP contribution is 2.28. The number of furan rings is 1. The number of anilines is 1. The predicted molar refractivity (Wildman–Crippen MR) is 104 cm³/mol. The number of para-hydroxylation sites is 1. The zero-order valence-corrected chi connectivity index (χ0v) is 16.0. The number of hydrogen-bond donors (Lipinski definition) is 2. The van der Waals surface area contributed by atoms with Crippen molar-refractivity contribution in [3.63, 3.8) is 0 Å². The number of benzene rings is 1. The van der Waals surface area contributed by atoms with Crippen molar-refractivity contribution in [2.75, 3.05) is 31.6 Å². The van der Waals surface area contributed by atoms with Crippen LogP contribution in [-0.2, 0) is 15.1 Å². The average Bonchev–Trinajstić information content (AvgIpc) is 3.30. The first-order chi connectivity index (χ1) is 13.4. The Kier molecular flexibility index (Phi) is 5.67. The summed E-state index contributed by atoms with van der Waals surface area (Å²) in [5.41, 5.74) is -0.190. The zero-order chi connectivity index (χ0) is 20.1. The quantitative estimate of drug-likeness (QED) is 0.533. The number of amides is 4. The molecule has 1 aromatic carbocycles. The second kappa shape index (κ2) is 8.16. The van der Waals surface area contributed by atoms with Gasteiger partial charge in [0.25, 0.3) is 5.91 Å². The van der Waals surface area contributed by atoms with Crippen LogP contribution in [0.15, 0.2) is 53.1 Å². The lowest BCUT2D eigenvalue weighted by Gasteiger charge is -2.20. The normalized spacial score (nSPS) is 18.9. The Morgan fingerprint density at radius 1 is 1.21 bits per heavy atom. The van der Waals surface area contributed by atoms with Crippen LogP contribution in [0, 0.1) is 0 Å². The fraction of sp³-hybridized carbons (Fsp3) is 0.350. The van der Waals surface area contributed by atoms with E-state index in [1.165, 1.54) is 6.26 Å². The Hall–Kier alpha value is -3.29. The first-order valence-corrected chi connectivity index (χ1v) is 9.13. The smallest absolute Gasteiger partial charge is 0.325 e. The molecule has 1 saturated heterocycles. The summed E-state index contributed by atoms with van der Waals surface area (Å²) in [6, 6.07) is 12.6. The maximum atomic E-state index is 12.6. The molecule has 8 nitrogen and oxygen atoms in total. The number of carbonyl (C=O) groups excluding carboxylic acids is 3. The van der Waals surface area contributed by atoms with Crippen LogP contribution in [0.4, 0.5) is 10.5 Å². The SMILES string of the molecule is CN(CCCNC(=O)CN1C(=O)N[C@](C)(c2ccco2)C1=O)c1ccccc1. The number of nitrogens with one attached hydrogen (secondary N) is 2. The van der Waals surface area contributed by atoms with Crippen LogP contribution in [0.5, 0.6) is 0 Å². The number of imide groups is 1. The van der Waals surface area contributed by atoms with Gasteiger partial charge in [0.15, 0.2) is 5.54 Å². The Labute approximate surface area is 163 Å². The third kappa shape index (κ3) is 4.00. The number of rotatable bonds is 8. The van der Waals surface area contributed by atoms with Crippen LogP contribution in [0.25, 0.3) is 0 Å². The molecule has 1 aromatic heterocycles. The molecule has 2 N–H and O–H groups in total. The van der Waals surface area contributed by atoms with E-state index in [4.69, 9.17) is 4.42 Å². The number of hydrogen-bond acceptors (Lipinski definition) is 5. The minimum atomic E-state index is -1.29. The number of nitrogens with zero attached hydrogens (tertiary/aromatic N) is 2. The molecule has 2 aromatic rings. The van der Waals surface area contributed by atoms with E-state index < -0.39 is 17.5 Å². The largest absolute Gasteiger partial charge is 0.466 e. The molecule has 0 radical (unpaired) electrons. The monoisotopic (exact) mass is 384 g/mol. The highest BCUT2D eigenvalue weighted by molar-refractivity contribution is 6.08. The van der Waals surface area contributed by atoms with Crippen LogP contribution < -0.4 is 15.5 Å². The van der Waals surface area contributed by atoms with Crippen molar-refractivity contribution in [1.82, 2.24) is 15.5 Å². The van der Waals surface area contributed by atoms with Gasteiger partial charge in [-0.3, -0.25) is 14.5 Å². The summed E-state index contributed by atoms with van der Waals surface area (Å²) in [6.07, 6.45) is 2.17. The highest BCUT2D eigenvalue weighted by Gasteiger charge is 2.51. The van der Waals surface area contributed by atoms with Gasteiger partial charge in [0, 0.05) is 25.8 Å². The van der Waals surface area contributed by atoms with Gasteiger partial charge in [-0.25, -0.2) is 4.79 Å². The first-order valence-electron chi connectivity index (χ1n) is 9.13. The van der Waals surface area contributed by atoms with Crippen molar-refractivity contribution in [2.24, 2.45) is 0 Å². The minimum absolute atomic E-state index is 0.324. The minimum Gasteiger partial charge on any atom is -0.466 e. The van der Waals surface area contributed by atoms with Crippen molar-refractivity contribution in [1.29, 1.82) is 0 Å². The van der Waals surface area contributed by atoms with Crippen molar-refractivity contribution in [3.8, 4) is 0 Å². The van der Waals surface area contributed by atoms with Gasteiger partial charge in [-0.15, -0.1) is 0 Å². The van der Waals surface area contributed by atoms with Gasteiger partial charge in [-0.2, -0.15) is 0 Å². The second-order valence-electron chi connectivity index (χ2n) is 6.88. The lowest BCUT2D eigenvalue weighted by atomic mass is 9.99. The first kappa shape index (κ1) is 19.5. The Bertz CT molecular complexity index is 837. The zero-order valence-electron chi connectivity index (χ0n) is 16.0. The predicted octanol–water partition coefficient (Wildman–Crippen LogP) is 1.69. The summed E-state index contributed by atoms with van der Waals surface area (Å²) >= 11 is 0. The Balaban J connectivity index is 1.46. The number of carbonyl (C=O) groups is 3. The molecule has 0 unspecified atom stereocenters. The van der Waals surface area contributed by atoms with E-state index in [2.05, 4.69) is 15.5 Å². The molecule has 28 heavy (non-hydrogen) atoms. The molecule has 0 bridgehead atoms. The van der Waals surface area contributed by atoms with Crippen molar-refractivity contribution in [2.45, 2.75) is 18.9 Å². The second-order valence-corrected chi connectivity index (χ2v) is 6.88. The third-order valence-electron chi connectivity index (χ3n) is 4.78. The topological polar surface area (TPSA) is 94.9 Å². The molecule has 4 amide bonds. The molecule has 1 aliphatic heterocycles. The van der Waals surface area contributed by atoms with Crippen LogP contribution in [-0.4, -0.2) is 49.4 Å². The summed E-state index contributed by atoms with van der Waals surface area (Å²) in [5.74, 6) is -0.557. The lowest BCUT2D eigenvalue weighted by molar-refractivity contribution is -0.135. The summed E-state index contributed by atoms with van der Waals surface area (Å²) in [4.78, 5) is 40.0. The summed E-state index contributed by atoms with van der Waals surface area (Å²) in [7, 11) is 1.99. The van der Waals surface area contributed by atoms with E-state index in [9.17, 15) is 14.4 Å². The van der Waals surface area contributed by atoms with E-state index in [-0.39, 0.29) is 12.5 Å². The fourth-order valence-corrected chi connectivity index (χ4v) is 3.13. The van der Waals surface area contributed by atoms with Crippen LogP contribution in [0.2, 0.25) is 0 Å². The van der Waals surface area contributed by atoms with Gasteiger partial charge in [0.2, 0.25) is 5.91 Å². The van der Waals surface area contributed by atoms with Gasteiger partial charge < -0.3 is 20.0 Å². The molecule has 8 heteroatoms. The molecule has 1 atom stereocenters. The highest BCUT2D eigenvalue weighted by atomic mass is 16.3. The molecule has 148 valence electrons. The molecular formula is C20H24N4O4. The van der Waals surface area contributed by atoms with E-state index >= 15 is 0 Å². The number of urea groups is 1. The van der Waals surface area contributed by atoms with Gasteiger partial charge in [0.1, 0.15) is 12.3 Å². The van der Waals surface area contributed by atoms with Crippen LogP contribution in [0.1, 0.15) is 19.1 Å². The standard InChI is InChI=1S/C20H24N4O4/c1-20(16-10-6-13-28-16)18(26)24(19(27)22-20)14-17(25)21-11-7-12-23(2)15-8-4-3-5-9-15/h3-6,8-10,13H,7,11-12,14H2,1-2H3,(H,21,25)(H,22,27)/t20-/m1/s1. The summed E-state index contributed by atoms with van der Waals surface area (Å²) in [5, 5.41) is 5.35. The van der Waals surface area contributed by atoms with Gasteiger partial charge in [-0.05, 0) is 37.6 Å². The van der Waals surface area contributed by atoms with Crippen molar-refractivity contribution in [3.05, 3.63) is 54.5 Å². The maximum absolute atomic E-state index is 12.6.